The molecule has 0 atom stereocenters. The van der Waals surface area contributed by atoms with Crippen LogP contribution in [0.15, 0.2) is 48.5 Å². The van der Waals surface area contributed by atoms with Gasteiger partial charge in [-0.3, -0.25) is 9.59 Å². The lowest BCUT2D eigenvalue weighted by Gasteiger charge is -2.21. The molecule has 0 aliphatic heterocycles. The van der Waals surface area contributed by atoms with E-state index in [0.717, 1.165) is 11.1 Å². The predicted molar refractivity (Wildman–Crippen MR) is 90.4 cm³/mol. The van der Waals surface area contributed by atoms with Crippen molar-refractivity contribution in [3.63, 3.8) is 0 Å². The topological polar surface area (TPSA) is 89.9 Å². The molecule has 6 heteroatoms. The van der Waals surface area contributed by atoms with Crippen LogP contribution in [-0.2, 0) is 16.1 Å². The zero-order valence-corrected chi connectivity index (χ0v) is 13.4. The van der Waals surface area contributed by atoms with Crippen molar-refractivity contribution in [3.8, 4) is 5.75 Å². The molecule has 0 unspecified atom stereocenters. The zero-order chi connectivity index (χ0) is 17.5. The molecule has 0 saturated heterocycles. The lowest BCUT2D eigenvalue weighted by Crippen LogP contribution is -2.40. The van der Waals surface area contributed by atoms with Gasteiger partial charge in [0.1, 0.15) is 5.75 Å². The summed E-state index contributed by atoms with van der Waals surface area (Å²) in [5.41, 5.74) is 1.86. The van der Waals surface area contributed by atoms with E-state index >= 15 is 0 Å². The van der Waals surface area contributed by atoms with Gasteiger partial charge in [-0.15, -0.1) is 0 Å². The highest BCUT2D eigenvalue weighted by Crippen LogP contribution is 2.23. The lowest BCUT2D eigenvalue weighted by atomic mass is 10.2. The van der Waals surface area contributed by atoms with E-state index in [1.54, 1.807) is 13.0 Å². The molecule has 2 amide bonds. The first kappa shape index (κ1) is 17.5. The molecule has 0 spiro atoms. The average Bonchev–Trinajstić information content (AvgIpc) is 2.57. The van der Waals surface area contributed by atoms with Crippen LogP contribution in [0.5, 0.6) is 5.75 Å². The van der Waals surface area contributed by atoms with E-state index in [1.165, 1.54) is 17.0 Å². The van der Waals surface area contributed by atoms with Crippen molar-refractivity contribution in [1.29, 1.82) is 0 Å². The number of phenols is 1. The molecule has 0 saturated carbocycles. The third kappa shape index (κ3) is 4.57. The number of phenolic OH excluding ortho intramolecular Hbond substituents is 1. The molecular weight excluding hydrogens is 308 g/mol. The summed E-state index contributed by atoms with van der Waals surface area (Å²) in [7, 11) is 0. The number of amides is 2. The summed E-state index contributed by atoms with van der Waals surface area (Å²) >= 11 is 0. The highest BCUT2D eigenvalue weighted by molar-refractivity contribution is 6.39. The molecule has 2 aromatic carbocycles. The maximum atomic E-state index is 12.3. The molecule has 24 heavy (non-hydrogen) atoms. The molecule has 0 heterocycles. The summed E-state index contributed by atoms with van der Waals surface area (Å²) in [6, 6.07) is 13.9. The molecule has 6 nitrogen and oxygen atoms in total. The summed E-state index contributed by atoms with van der Waals surface area (Å²) in [4.78, 5) is 25.8. The number of nitrogens with one attached hydrogen (secondary N) is 1. The quantitative estimate of drug-likeness (QED) is 0.575. The van der Waals surface area contributed by atoms with Crippen LogP contribution < -0.4 is 5.32 Å². The minimum atomic E-state index is -0.862. The maximum Gasteiger partial charge on any atom is 0.314 e. The molecule has 0 radical (unpaired) electrons. The van der Waals surface area contributed by atoms with Gasteiger partial charge in [-0.2, -0.15) is 0 Å². The van der Waals surface area contributed by atoms with Gasteiger partial charge in [-0.1, -0.05) is 36.4 Å². The van der Waals surface area contributed by atoms with Crippen LogP contribution in [0.3, 0.4) is 0 Å². The van der Waals surface area contributed by atoms with Crippen LogP contribution in [-0.4, -0.2) is 40.1 Å². The second kappa shape index (κ2) is 8.12. The van der Waals surface area contributed by atoms with Crippen molar-refractivity contribution >= 4 is 17.5 Å². The van der Waals surface area contributed by atoms with Gasteiger partial charge in [0.25, 0.3) is 0 Å². The van der Waals surface area contributed by atoms with Gasteiger partial charge in [0.05, 0.1) is 12.3 Å². The maximum absolute atomic E-state index is 12.3. The number of hydrogen-bond acceptors (Lipinski definition) is 4. The number of benzene rings is 2. The van der Waals surface area contributed by atoms with Gasteiger partial charge in [0.15, 0.2) is 0 Å². The highest BCUT2D eigenvalue weighted by Gasteiger charge is 2.22. The molecule has 0 aromatic heterocycles. The van der Waals surface area contributed by atoms with Crippen LogP contribution in [0, 0.1) is 6.92 Å². The first-order valence-corrected chi connectivity index (χ1v) is 7.56. The fourth-order valence-electron chi connectivity index (χ4n) is 2.24. The molecule has 0 bridgehead atoms. The normalized spacial score (nSPS) is 10.2. The van der Waals surface area contributed by atoms with E-state index in [1.807, 2.05) is 30.3 Å². The number of aliphatic hydroxyl groups excluding tert-OH is 1. The number of carbonyl (C=O) groups is 2. The fraction of sp³-hybridized carbons (Fsp3) is 0.222. The van der Waals surface area contributed by atoms with Crippen molar-refractivity contribution in [2.45, 2.75) is 13.5 Å². The Labute approximate surface area is 140 Å². The Morgan fingerprint density at radius 1 is 1.12 bits per heavy atom. The number of rotatable bonds is 5. The molecule has 2 aromatic rings. The van der Waals surface area contributed by atoms with E-state index in [9.17, 15) is 14.7 Å². The standard InChI is InChI=1S/C18H20N2O4/c1-13-7-8-15(16(22)11-13)19-17(23)18(24)20(9-10-21)12-14-5-3-2-4-6-14/h2-8,11,21-22H,9-10,12H2,1H3,(H,19,23). The second-order valence-corrected chi connectivity index (χ2v) is 5.41. The zero-order valence-electron chi connectivity index (χ0n) is 13.4. The number of aromatic hydroxyl groups is 1. The van der Waals surface area contributed by atoms with Crippen LogP contribution in [0.2, 0.25) is 0 Å². The SMILES string of the molecule is Cc1ccc(NC(=O)C(=O)N(CCO)Cc2ccccc2)c(O)c1. The second-order valence-electron chi connectivity index (χ2n) is 5.41. The fourth-order valence-corrected chi connectivity index (χ4v) is 2.24. The molecule has 0 aliphatic carbocycles. The van der Waals surface area contributed by atoms with Gasteiger partial charge < -0.3 is 20.4 Å². The highest BCUT2D eigenvalue weighted by atomic mass is 16.3. The van der Waals surface area contributed by atoms with Gasteiger partial charge in [-0.05, 0) is 30.2 Å². The monoisotopic (exact) mass is 328 g/mol. The van der Waals surface area contributed by atoms with E-state index in [0.29, 0.717) is 0 Å². The molecular formula is C18H20N2O4. The van der Waals surface area contributed by atoms with Crippen LogP contribution in [0.4, 0.5) is 5.69 Å². The number of hydrogen-bond donors (Lipinski definition) is 3. The Morgan fingerprint density at radius 3 is 2.46 bits per heavy atom. The van der Waals surface area contributed by atoms with Crippen LogP contribution in [0.25, 0.3) is 0 Å². The van der Waals surface area contributed by atoms with Crippen molar-refractivity contribution in [1.82, 2.24) is 4.90 Å². The largest absolute Gasteiger partial charge is 0.506 e. The molecule has 126 valence electrons. The van der Waals surface area contributed by atoms with Crippen molar-refractivity contribution in [3.05, 3.63) is 59.7 Å². The number of aliphatic hydroxyl groups is 1. The van der Waals surface area contributed by atoms with Gasteiger partial charge in [-0.25, -0.2) is 0 Å². The molecule has 2 rings (SSSR count). The van der Waals surface area contributed by atoms with E-state index in [4.69, 9.17) is 5.11 Å². The Hall–Kier alpha value is -2.86. The first-order chi connectivity index (χ1) is 11.5. The Morgan fingerprint density at radius 2 is 1.83 bits per heavy atom. The van der Waals surface area contributed by atoms with Crippen molar-refractivity contribution < 1.29 is 19.8 Å². The number of carbonyl (C=O) groups excluding carboxylic acids is 2. The lowest BCUT2D eigenvalue weighted by molar-refractivity contribution is -0.143. The molecule has 3 N–H and O–H groups in total. The number of nitrogens with zero attached hydrogens (tertiary/aromatic N) is 1. The van der Waals surface area contributed by atoms with Crippen molar-refractivity contribution in [2.24, 2.45) is 0 Å². The predicted octanol–water partition coefficient (Wildman–Crippen LogP) is 1.66. The summed E-state index contributed by atoms with van der Waals surface area (Å²) < 4.78 is 0. The Kier molecular flexibility index (Phi) is 5.92. The minimum Gasteiger partial charge on any atom is -0.506 e. The van der Waals surface area contributed by atoms with E-state index < -0.39 is 11.8 Å². The Balaban J connectivity index is 2.09. The van der Waals surface area contributed by atoms with E-state index in [2.05, 4.69) is 5.32 Å². The summed E-state index contributed by atoms with van der Waals surface area (Å²) in [5.74, 6) is -1.74. The third-order valence-electron chi connectivity index (χ3n) is 3.47. The number of aryl methyl sites for hydroxylation is 1. The van der Waals surface area contributed by atoms with Gasteiger partial charge >= 0.3 is 11.8 Å². The first-order valence-electron chi connectivity index (χ1n) is 7.56. The van der Waals surface area contributed by atoms with Gasteiger partial charge in [0, 0.05) is 13.1 Å². The minimum absolute atomic E-state index is 0.0427. The average molecular weight is 328 g/mol. The van der Waals surface area contributed by atoms with E-state index in [-0.39, 0.29) is 31.1 Å². The third-order valence-corrected chi connectivity index (χ3v) is 3.47. The summed E-state index contributed by atoms with van der Waals surface area (Å²) in [5, 5.41) is 21.4. The van der Waals surface area contributed by atoms with Crippen molar-refractivity contribution in [2.75, 3.05) is 18.5 Å². The summed E-state index contributed by atoms with van der Waals surface area (Å²) in [6.45, 7) is 1.81. The summed E-state index contributed by atoms with van der Waals surface area (Å²) in [6.07, 6.45) is 0. The Bertz CT molecular complexity index is 716. The van der Waals surface area contributed by atoms with Gasteiger partial charge in [0.2, 0.25) is 0 Å². The van der Waals surface area contributed by atoms with Crippen LogP contribution >= 0.6 is 0 Å². The smallest absolute Gasteiger partial charge is 0.314 e. The van der Waals surface area contributed by atoms with Crippen LogP contribution in [0.1, 0.15) is 11.1 Å². The molecule has 0 fully saturated rings. The number of anilines is 1. The molecule has 0 aliphatic rings.